The lowest BCUT2D eigenvalue weighted by Crippen LogP contribution is -2.36. The summed E-state index contributed by atoms with van der Waals surface area (Å²) < 4.78 is 0. The molecule has 0 fully saturated rings. The van der Waals surface area contributed by atoms with Crippen LogP contribution in [0.15, 0.2) is 54.6 Å². The largest absolute Gasteiger partial charge is 0.550 e. The van der Waals surface area contributed by atoms with Crippen LogP contribution in [0.4, 0.5) is 0 Å². The quantitative estimate of drug-likeness (QED) is 0.778. The minimum Gasteiger partial charge on any atom is -0.550 e. The third kappa shape index (κ3) is 2.85. The summed E-state index contributed by atoms with van der Waals surface area (Å²) in [5, 5.41) is 11.0. The molecule has 0 bridgehead atoms. The van der Waals surface area contributed by atoms with Crippen LogP contribution in [0.5, 0.6) is 0 Å². The molecule has 2 amide bonds. The maximum Gasteiger partial charge on any atom is 0.261 e. The van der Waals surface area contributed by atoms with Gasteiger partial charge in [0.15, 0.2) is 0 Å². The van der Waals surface area contributed by atoms with Crippen molar-refractivity contribution < 1.29 is 19.5 Å². The molecule has 23 heavy (non-hydrogen) atoms. The normalized spacial score (nSPS) is 14.7. The lowest BCUT2D eigenvalue weighted by molar-refractivity contribution is -0.306. The third-order valence-electron chi connectivity index (χ3n) is 3.97. The van der Waals surface area contributed by atoms with Crippen LogP contribution in [0.3, 0.4) is 0 Å². The van der Waals surface area contributed by atoms with Crippen LogP contribution in [0.25, 0.3) is 0 Å². The number of imide groups is 1. The number of hydrogen-bond donors (Lipinski definition) is 0. The molecule has 0 aromatic heterocycles. The Morgan fingerprint density at radius 1 is 0.913 bits per heavy atom. The first kappa shape index (κ1) is 15.0. The monoisotopic (exact) mass is 308 g/mol. The van der Waals surface area contributed by atoms with Gasteiger partial charge < -0.3 is 9.90 Å². The second-order valence-electron chi connectivity index (χ2n) is 5.45. The van der Waals surface area contributed by atoms with Crippen molar-refractivity contribution in [2.45, 2.75) is 12.3 Å². The van der Waals surface area contributed by atoms with Gasteiger partial charge in [-0.2, -0.15) is 0 Å². The molecular weight excluding hydrogens is 294 g/mol. The van der Waals surface area contributed by atoms with E-state index in [1.54, 1.807) is 48.5 Å². The molecule has 2 aromatic carbocycles. The van der Waals surface area contributed by atoms with E-state index in [0.29, 0.717) is 11.1 Å². The van der Waals surface area contributed by atoms with Crippen molar-refractivity contribution in [3.05, 3.63) is 71.3 Å². The van der Waals surface area contributed by atoms with Gasteiger partial charge in [0.05, 0.1) is 11.1 Å². The fourth-order valence-electron chi connectivity index (χ4n) is 2.84. The summed E-state index contributed by atoms with van der Waals surface area (Å²) in [5.41, 5.74) is 1.48. The molecule has 0 unspecified atom stereocenters. The zero-order valence-electron chi connectivity index (χ0n) is 12.3. The zero-order chi connectivity index (χ0) is 16.4. The molecule has 0 aliphatic carbocycles. The van der Waals surface area contributed by atoms with Gasteiger partial charge >= 0.3 is 0 Å². The number of rotatable bonds is 5. The minimum absolute atomic E-state index is 0.0182. The number of benzene rings is 2. The van der Waals surface area contributed by atoms with E-state index < -0.39 is 11.9 Å². The van der Waals surface area contributed by atoms with Crippen molar-refractivity contribution in [1.82, 2.24) is 4.90 Å². The van der Waals surface area contributed by atoms with Crippen LogP contribution >= 0.6 is 0 Å². The molecule has 5 nitrogen and oxygen atoms in total. The predicted octanol–water partition coefficient (Wildman–Crippen LogP) is 1.21. The fraction of sp³-hybridized carbons (Fsp3) is 0.167. The van der Waals surface area contributed by atoms with Gasteiger partial charge in [-0.15, -0.1) is 0 Å². The van der Waals surface area contributed by atoms with Crippen LogP contribution in [0, 0.1) is 0 Å². The Morgan fingerprint density at radius 2 is 1.43 bits per heavy atom. The zero-order valence-corrected chi connectivity index (χ0v) is 12.3. The van der Waals surface area contributed by atoms with Gasteiger partial charge in [0.25, 0.3) is 11.8 Å². The van der Waals surface area contributed by atoms with Gasteiger partial charge in [-0.1, -0.05) is 42.5 Å². The highest BCUT2D eigenvalue weighted by molar-refractivity contribution is 6.21. The average molecular weight is 308 g/mol. The maximum atomic E-state index is 12.4. The van der Waals surface area contributed by atoms with Gasteiger partial charge in [-0.05, 0) is 24.1 Å². The van der Waals surface area contributed by atoms with E-state index in [0.717, 1.165) is 10.5 Å². The smallest absolute Gasteiger partial charge is 0.261 e. The average Bonchev–Trinajstić information content (AvgIpc) is 2.80. The molecular formula is C18H14NO4-. The van der Waals surface area contributed by atoms with Gasteiger partial charge in [-0.3, -0.25) is 14.5 Å². The third-order valence-corrected chi connectivity index (χ3v) is 3.97. The number of carboxylic acids is 1. The second-order valence-corrected chi connectivity index (χ2v) is 5.45. The first-order valence-corrected chi connectivity index (χ1v) is 7.28. The predicted molar refractivity (Wildman–Crippen MR) is 80.6 cm³/mol. The summed E-state index contributed by atoms with van der Waals surface area (Å²) in [6, 6.07) is 15.6. The molecule has 0 saturated carbocycles. The van der Waals surface area contributed by atoms with E-state index >= 15 is 0 Å². The molecule has 1 heterocycles. The molecule has 0 spiro atoms. The van der Waals surface area contributed by atoms with Crippen LogP contribution in [0.2, 0.25) is 0 Å². The first-order valence-electron chi connectivity index (χ1n) is 7.28. The summed E-state index contributed by atoms with van der Waals surface area (Å²) in [4.78, 5) is 37.0. The first-order chi connectivity index (χ1) is 11.1. The highest BCUT2D eigenvalue weighted by atomic mass is 16.4. The van der Waals surface area contributed by atoms with Crippen molar-refractivity contribution >= 4 is 17.8 Å². The molecule has 2 aromatic rings. The number of carbonyl (C=O) groups is 3. The molecule has 1 aliphatic rings. The maximum absolute atomic E-state index is 12.4. The van der Waals surface area contributed by atoms with E-state index in [4.69, 9.17) is 0 Å². The van der Waals surface area contributed by atoms with Gasteiger partial charge in [0.1, 0.15) is 0 Å². The number of amides is 2. The molecule has 0 saturated heterocycles. The van der Waals surface area contributed by atoms with Crippen molar-refractivity contribution in [1.29, 1.82) is 0 Å². The number of hydrogen-bond acceptors (Lipinski definition) is 4. The minimum atomic E-state index is -1.21. The summed E-state index contributed by atoms with van der Waals surface area (Å²) in [7, 11) is 0. The second kappa shape index (κ2) is 6.04. The number of nitrogens with zero attached hydrogens (tertiary/aromatic N) is 1. The Balaban J connectivity index is 1.88. The fourth-order valence-corrected chi connectivity index (χ4v) is 2.84. The van der Waals surface area contributed by atoms with Crippen LogP contribution in [-0.4, -0.2) is 29.2 Å². The van der Waals surface area contributed by atoms with E-state index in [2.05, 4.69) is 0 Å². The highest BCUT2D eigenvalue weighted by Crippen LogP contribution is 2.27. The molecule has 3 rings (SSSR count). The molecule has 0 radical (unpaired) electrons. The Morgan fingerprint density at radius 3 is 1.96 bits per heavy atom. The molecule has 116 valence electrons. The number of carbonyl (C=O) groups excluding carboxylic acids is 3. The number of aliphatic carboxylic acids is 1. The molecule has 1 aliphatic heterocycles. The van der Waals surface area contributed by atoms with Crippen molar-refractivity contribution in [2.75, 3.05) is 6.54 Å². The molecule has 0 N–H and O–H groups in total. The number of fused-ring (bicyclic) bond motifs is 1. The molecule has 1 atom stereocenters. The van der Waals surface area contributed by atoms with E-state index in [1.807, 2.05) is 6.07 Å². The number of carboxylic acid groups (broad SMARTS) is 1. The van der Waals surface area contributed by atoms with Gasteiger partial charge in [0.2, 0.25) is 0 Å². The summed E-state index contributed by atoms with van der Waals surface area (Å²) in [5.74, 6) is -2.48. The molecule has 5 heteroatoms. The standard InChI is InChI=1S/C18H15NO4/c20-16(21)10-13(12-6-2-1-3-7-12)11-19-17(22)14-8-4-5-9-15(14)18(19)23/h1-9,13H,10-11H2,(H,20,21)/p-1/t13-/m1/s1. The summed E-state index contributed by atoms with van der Waals surface area (Å²) >= 11 is 0. The van der Waals surface area contributed by atoms with Crippen molar-refractivity contribution in [3.63, 3.8) is 0 Å². The Kier molecular flexibility index (Phi) is 3.93. The topological polar surface area (TPSA) is 77.5 Å². The summed E-state index contributed by atoms with van der Waals surface area (Å²) in [6.45, 7) is 0.0182. The Hall–Kier alpha value is -2.95. The van der Waals surface area contributed by atoms with Crippen molar-refractivity contribution in [2.24, 2.45) is 0 Å². The van der Waals surface area contributed by atoms with Gasteiger partial charge in [-0.25, -0.2) is 0 Å². The Bertz CT molecular complexity index is 735. The van der Waals surface area contributed by atoms with E-state index in [1.165, 1.54) is 0 Å². The van der Waals surface area contributed by atoms with Crippen molar-refractivity contribution in [3.8, 4) is 0 Å². The lowest BCUT2D eigenvalue weighted by Gasteiger charge is -2.23. The Labute approximate surface area is 133 Å². The van der Waals surface area contributed by atoms with E-state index in [9.17, 15) is 19.5 Å². The van der Waals surface area contributed by atoms with Crippen LogP contribution < -0.4 is 5.11 Å². The SMILES string of the molecule is O=C([O-])C[C@H](CN1C(=O)c2ccccc2C1=O)c1ccccc1. The lowest BCUT2D eigenvalue weighted by atomic mass is 9.95. The van der Waals surface area contributed by atoms with Crippen LogP contribution in [-0.2, 0) is 4.79 Å². The van der Waals surface area contributed by atoms with E-state index in [-0.39, 0.29) is 24.8 Å². The van der Waals surface area contributed by atoms with Crippen LogP contribution in [0.1, 0.15) is 38.6 Å². The van der Waals surface area contributed by atoms with Gasteiger partial charge in [0, 0.05) is 18.4 Å². The summed E-state index contributed by atoms with van der Waals surface area (Å²) in [6.07, 6.45) is -0.253. The highest BCUT2D eigenvalue weighted by Gasteiger charge is 2.36.